The van der Waals surface area contributed by atoms with Crippen molar-refractivity contribution in [3.63, 3.8) is 0 Å². The van der Waals surface area contributed by atoms with Crippen LogP contribution in [0.5, 0.6) is 0 Å². The highest BCUT2D eigenvalue weighted by molar-refractivity contribution is 5.70. The highest BCUT2D eigenvalue weighted by atomic mass is 16.6. The van der Waals surface area contributed by atoms with E-state index in [2.05, 4.69) is 62.5 Å². The van der Waals surface area contributed by atoms with Gasteiger partial charge < -0.3 is 14.6 Å². The highest BCUT2D eigenvalue weighted by Gasteiger charge is 2.16. The lowest BCUT2D eigenvalue weighted by Gasteiger charge is -2.15. The fourth-order valence-electron chi connectivity index (χ4n) is 9.21. The number of carbonyl (C=O) groups excluding carboxylic acids is 2. The van der Waals surface area contributed by atoms with Gasteiger partial charge in [0, 0.05) is 12.8 Å². The van der Waals surface area contributed by atoms with E-state index in [9.17, 15) is 14.7 Å². The molecule has 0 radical (unpaired) electrons. The molecule has 404 valence electrons. The number of rotatable bonds is 57. The number of aliphatic hydroxyl groups excluding tert-OH is 1. The molecule has 1 unspecified atom stereocenters. The van der Waals surface area contributed by atoms with Crippen LogP contribution in [-0.2, 0) is 19.1 Å². The summed E-state index contributed by atoms with van der Waals surface area (Å²) in [5, 5.41) is 9.66. The first-order chi connectivity index (χ1) is 34.1. The van der Waals surface area contributed by atoms with Gasteiger partial charge in [-0.05, 0) is 77.0 Å². The molecule has 0 spiro atoms. The lowest BCUT2D eigenvalue weighted by atomic mass is 10.0. The number of hydrogen-bond donors (Lipinski definition) is 1. The lowest BCUT2D eigenvalue weighted by molar-refractivity contribution is -0.161. The van der Waals surface area contributed by atoms with E-state index in [0.717, 1.165) is 51.4 Å². The molecule has 0 aliphatic carbocycles. The summed E-state index contributed by atoms with van der Waals surface area (Å²) in [5.41, 5.74) is 0. The minimum Gasteiger partial charge on any atom is -0.462 e. The third-order valence-corrected chi connectivity index (χ3v) is 13.8. The Kier molecular flexibility index (Phi) is 58.3. The molecular weight excluding hydrogens is 849 g/mol. The summed E-state index contributed by atoms with van der Waals surface area (Å²) in [6.07, 6.45) is 79.7. The van der Waals surface area contributed by atoms with E-state index >= 15 is 0 Å². The van der Waals surface area contributed by atoms with Gasteiger partial charge in [-0.2, -0.15) is 0 Å². The molecular formula is C64H118O5. The number of ether oxygens (including phenoxy) is 2. The van der Waals surface area contributed by atoms with E-state index in [-0.39, 0.29) is 25.2 Å². The Morgan fingerprint density at radius 3 is 0.884 bits per heavy atom. The van der Waals surface area contributed by atoms with Crippen molar-refractivity contribution in [2.75, 3.05) is 13.2 Å². The number of aliphatic hydroxyl groups is 1. The van der Waals surface area contributed by atoms with E-state index in [0.29, 0.717) is 12.8 Å². The molecule has 0 amide bonds. The monoisotopic (exact) mass is 967 g/mol. The van der Waals surface area contributed by atoms with Gasteiger partial charge in [-0.1, -0.05) is 287 Å². The SMILES string of the molecule is CCCCCCC/C=C\C/C=C\C/C=C\CCCCCCCCCCCCCCCCCCCCCCCCC(=O)OC(CO)COC(=O)CCCCCCCCC/C=C\CCCCCCCCC. The van der Waals surface area contributed by atoms with Crippen molar-refractivity contribution in [2.45, 2.75) is 335 Å². The first kappa shape index (κ1) is 66.9. The predicted molar refractivity (Wildman–Crippen MR) is 302 cm³/mol. The Bertz CT molecular complexity index is 1140. The maximum atomic E-state index is 12.3. The van der Waals surface area contributed by atoms with E-state index in [4.69, 9.17) is 9.47 Å². The fraction of sp³-hybridized carbons (Fsp3) is 0.844. The van der Waals surface area contributed by atoms with Crippen LogP contribution in [0.2, 0.25) is 0 Å². The van der Waals surface area contributed by atoms with Crippen LogP contribution in [0.25, 0.3) is 0 Å². The summed E-state index contributed by atoms with van der Waals surface area (Å²) < 4.78 is 10.7. The maximum Gasteiger partial charge on any atom is 0.306 e. The second kappa shape index (κ2) is 60.2. The quantitative estimate of drug-likeness (QED) is 0.0373. The number of hydrogen-bond acceptors (Lipinski definition) is 5. The van der Waals surface area contributed by atoms with Crippen molar-refractivity contribution in [3.05, 3.63) is 48.6 Å². The van der Waals surface area contributed by atoms with Gasteiger partial charge in [-0.3, -0.25) is 9.59 Å². The maximum absolute atomic E-state index is 12.3. The van der Waals surface area contributed by atoms with Crippen molar-refractivity contribution in [1.82, 2.24) is 0 Å². The molecule has 5 nitrogen and oxygen atoms in total. The largest absolute Gasteiger partial charge is 0.462 e. The van der Waals surface area contributed by atoms with Gasteiger partial charge in [0.1, 0.15) is 6.61 Å². The number of esters is 2. The topological polar surface area (TPSA) is 72.8 Å². The Morgan fingerprint density at radius 1 is 0.333 bits per heavy atom. The molecule has 1 atom stereocenters. The van der Waals surface area contributed by atoms with Gasteiger partial charge in [-0.25, -0.2) is 0 Å². The van der Waals surface area contributed by atoms with Crippen LogP contribution in [0.1, 0.15) is 328 Å². The smallest absolute Gasteiger partial charge is 0.306 e. The zero-order valence-electron chi connectivity index (χ0n) is 46.3. The minimum absolute atomic E-state index is 0.0641. The van der Waals surface area contributed by atoms with Crippen molar-refractivity contribution in [2.24, 2.45) is 0 Å². The average Bonchev–Trinajstić information content (AvgIpc) is 3.35. The molecule has 0 rings (SSSR count). The third kappa shape index (κ3) is 58.3. The van der Waals surface area contributed by atoms with E-state index in [1.807, 2.05) is 0 Å². The lowest BCUT2D eigenvalue weighted by Crippen LogP contribution is -2.28. The Hall–Kier alpha value is -2.14. The van der Waals surface area contributed by atoms with Gasteiger partial charge >= 0.3 is 11.9 Å². The average molecular weight is 968 g/mol. The minimum atomic E-state index is -0.772. The highest BCUT2D eigenvalue weighted by Crippen LogP contribution is 2.17. The van der Waals surface area contributed by atoms with Crippen molar-refractivity contribution < 1.29 is 24.2 Å². The molecule has 0 aromatic rings. The molecule has 0 fully saturated rings. The summed E-state index contributed by atoms with van der Waals surface area (Å²) in [4.78, 5) is 24.5. The number of carbonyl (C=O) groups is 2. The summed E-state index contributed by atoms with van der Waals surface area (Å²) in [5.74, 6) is -0.580. The predicted octanol–water partition coefficient (Wildman–Crippen LogP) is 20.8. The Labute approximate surface area is 430 Å². The molecule has 0 saturated heterocycles. The first-order valence-electron chi connectivity index (χ1n) is 30.7. The molecule has 0 aromatic heterocycles. The van der Waals surface area contributed by atoms with Crippen molar-refractivity contribution >= 4 is 11.9 Å². The van der Waals surface area contributed by atoms with Crippen LogP contribution in [0, 0.1) is 0 Å². The third-order valence-electron chi connectivity index (χ3n) is 13.8. The molecule has 0 aliphatic heterocycles. The van der Waals surface area contributed by atoms with Gasteiger partial charge in [-0.15, -0.1) is 0 Å². The summed E-state index contributed by atoms with van der Waals surface area (Å²) in [7, 11) is 0. The Morgan fingerprint density at radius 2 is 0.580 bits per heavy atom. The van der Waals surface area contributed by atoms with Crippen LogP contribution in [0.4, 0.5) is 0 Å². The van der Waals surface area contributed by atoms with Crippen LogP contribution in [0.3, 0.4) is 0 Å². The molecule has 0 bridgehead atoms. The zero-order chi connectivity index (χ0) is 49.9. The summed E-state index contributed by atoms with van der Waals surface area (Å²) in [6.45, 7) is 4.16. The molecule has 0 heterocycles. The van der Waals surface area contributed by atoms with Crippen molar-refractivity contribution in [3.8, 4) is 0 Å². The van der Waals surface area contributed by atoms with Gasteiger partial charge in [0.2, 0.25) is 0 Å². The van der Waals surface area contributed by atoms with Crippen molar-refractivity contribution in [1.29, 1.82) is 0 Å². The zero-order valence-corrected chi connectivity index (χ0v) is 46.3. The summed E-state index contributed by atoms with van der Waals surface area (Å²) in [6, 6.07) is 0. The van der Waals surface area contributed by atoms with Crippen LogP contribution in [-0.4, -0.2) is 36.4 Å². The molecule has 5 heteroatoms. The molecule has 0 aliphatic rings. The summed E-state index contributed by atoms with van der Waals surface area (Å²) >= 11 is 0. The van der Waals surface area contributed by atoms with Crippen LogP contribution >= 0.6 is 0 Å². The van der Waals surface area contributed by atoms with Crippen LogP contribution in [0.15, 0.2) is 48.6 Å². The van der Waals surface area contributed by atoms with Gasteiger partial charge in [0.15, 0.2) is 6.10 Å². The van der Waals surface area contributed by atoms with Gasteiger partial charge in [0.05, 0.1) is 6.61 Å². The van der Waals surface area contributed by atoms with E-state index in [1.54, 1.807) is 0 Å². The van der Waals surface area contributed by atoms with E-state index in [1.165, 1.54) is 250 Å². The Balaban J connectivity index is 3.41. The molecule has 0 aromatic carbocycles. The number of unbranched alkanes of at least 4 members (excludes halogenated alkanes) is 41. The number of allylic oxidation sites excluding steroid dienone is 8. The normalized spacial score (nSPS) is 12.4. The molecule has 0 saturated carbocycles. The van der Waals surface area contributed by atoms with E-state index < -0.39 is 6.10 Å². The molecule has 1 N–H and O–H groups in total. The second-order valence-corrected chi connectivity index (χ2v) is 20.8. The standard InChI is InChI=1S/C64H118O5/c1-3-5-7-9-11-13-15-17-19-21-23-24-25-26-27-28-29-30-31-32-33-34-35-36-37-38-39-40-41-43-45-47-49-51-53-55-57-59-64(67)69-62(60-65)61-68-63(66)58-56-54-52-50-48-46-44-42-22-20-18-16-14-12-10-8-6-4-2/h15,17,20-23,25-26,62,65H,3-14,16,18-19,24,27-61H2,1-2H3/b17-15-,22-20-,23-21-,26-25-. The van der Waals surface area contributed by atoms with Crippen LogP contribution < -0.4 is 0 Å². The fourth-order valence-corrected chi connectivity index (χ4v) is 9.21. The van der Waals surface area contributed by atoms with Gasteiger partial charge in [0.25, 0.3) is 0 Å². The first-order valence-corrected chi connectivity index (χ1v) is 30.7. The molecule has 69 heavy (non-hydrogen) atoms. The second-order valence-electron chi connectivity index (χ2n) is 20.8.